The molecule has 2 saturated carbocycles. The Labute approximate surface area is 87.6 Å². The van der Waals surface area contributed by atoms with Crippen LogP contribution in [0.2, 0.25) is 0 Å². The Bertz CT molecular complexity index is 181. The van der Waals surface area contributed by atoms with Gasteiger partial charge >= 0.3 is 0 Å². The summed E-state index contributed by atoms with van der Waals surface area (Å²) in [6.07, 6.45) is 9.68. The summed E-state index contributed by atoms with van der Waals surface area (Å²) in [5.74, 6) is 0.823. The Morgan fingerprint density at radius 1 is 1.29 bits per heavy atom. The highest BCUT2D eigenvalue weighted by Crippen LogP contribution is 2.47. The Kier molecular flexibility index (Phi) is 3.13. The number of nitrogens with one attached hydrogen (secondary N) is 1. The van der Waals surface area contributed by atoms with E-state index in [0.717, 1.165) is 12.5 Å². The highest BCUT2D eigenvalue weighted by molar-refractivity contribution is 5.00. The third kappa shape index (κ3) is 1.70. The van der Waals surface area contributed by atoms with Crippen LogP contribution in [-0.4, -0.2) is 19.6 Å². The fourth-order valence-electron chi connectivity index (χ4n) is 3.43. The van der Waals surface area contributed by atoms with E-state index in [4.69, 9.17) is 5.73 Å². The molecular formula is C12H24N2. The van der Waals surface area contributed by atoms with E-state index in [-0.39, 0.29) is 0 Å². The standard InChI is InChI=1S/C12H24N2/c1-14-9-12(7-4-8-12)11(13)10-5-2-3-6-10/h10-11,14H,2-9,13H2,1H3. The summed E-state index contributed by atoms with van der Waals surface area (Å²) in [5.41, 5.74) is 6.93. The highest BCUT2D eigenvalue weighted by Gasteiger charge is 2.45. The Morgan fingerprint density at radius 3 is 2.36 bits per heavy atom. The van der Waals surface area contributed by atoms with Gasteiger partial charge in [0, 0.05) is 12.6 Å². The molecule has 0 aliphatic heterocycles. The maximum absolute atomic E-state index is 6.47. The van der Waals surface area contributed by atoms with Gasteiger partial charge in [-0.05, 0) is 44.1 Å². The molecule has 0 bridgehead atoms. The molecular weight excluding hydrogens is 172 g/mol. The van der Waals surface area contributed by atoms with Gasteiger partial charge in [-0.1, -0.05) is 19.3 Å². The predicted octanol–water partition coefficient (Wildman–Crippen LogP) is 1.89. The monoisotopic (exact) mass is 196 g/mol. The Balaban J connectivity index is 1.96. The number of rotatable bonds is 4. The molecule has 0 spiro atoms. The minimum atomic E-state index is 0.462. The van der Waals surface area contributed by atoms with Crippen LogP contribution in [0.1, 0.15) is 44.9 Å². The number of hydrogen-bond donors (Lipinski definition) is 2. The normalized spacial score (nSPS) is 28.7. The molecule has 82 valence electrons. The van der Waals surface area contributed by atoms with Crippen molar-refractivity contribution in [3.63, 3.8) is 0 Å². The van der Waals surface area contributed by atoms with Gasteiger partial charge < -0.3 is 11.1 Å². The fourth-order valence-corrected chi connectivity index (χ4v) is 3.43. The van der Waals surface area contributed by atoms with Gasteiger partial charge in [0.2, 0.25) is 0 Å². The second-order valence-electron chi connectivity index (χ2n) is 5.32. The van der Waals surface area contributed by atoms with E-state index in [0.29, 0.717) is 11.5 Å². The molecule has 0 amide bonds. The van der Waals surface area contributed by atoms with Gasteiger partial charge in [-0.15, -0.1) is 0 Å². The van der Waals surface area contributed by atoms with Gasteiger partial charge in [0.15, 0.2) is 0 Å². The molecule has 2 fully saturated rings. The summed E-state index contributed by atoms with van der Waals surface area (Å²) >= 11 is 0. The first-order valence-electron chi connectivity index (χ1n) is 6.19. The molecule has 3 N–H and O–H groups in total. The first kappa shape index (κ1) is 10.4. The van der Waals surface area contributed by atoms with Crippen molar-refractivity contribution in [2.45, 2.75) is 51.0 Å². The first-order chi connectivity index (χ1) is 6.78. The van der Waals surface area contributed by atoms with Crippen molar-refractivity contribution in [2.75, 3.05) is 13.6 Å². The van der Waals surface area contributed by atoms with E-state index in [9.17, 15) is 0 Å². The quantitative estimate of drug-likeness (QED) is 0.720. The zero-order valence-electron chi connectivity index (χ0n) is 9.39. The summed E-state index contributed by atoms with van der Waals surface area (Å²) in [6.45, 7) is 1.13. The molecule has 2 nitrogen and oxygen atoms in total. The van der Waals surface area contributed by atoms with E-state index < -0.39 is 0 Å². The summed E-state index contributed by atoms with van der Waals surface area (Å²) < 4.78 is 0. The highest BCUT2D eigenvalue weighted by atomic mass is 14.9. The third-order valence-corrected chi connectivity index (χ3v) is 4.49. The van der Waals surface area contributed by atoms with Crippen LogP contribution in [0.3, 0.4) is 0 Å². The van der Waals surface area contributed by atoms with Crippen LogP contribution in [0.4, 0.5) is 0 Å². The molecule has 2 aliphatic carbocycles. The number of hydrogen-bond acceptors (Lipinski definition) is 2. The second kappa shape index (κ2) is 4.19. The molecule has 0 aromatic heterocycles. The topological polar surface area (TPSA) is 38.0 Å². The lowest BCUT2D eigenvalue weighted by Gasteiger charge is -2.48. The van der Waals surface area contributed by atoms with Gasteiger partial charge in [-0.25, -0.2) is 0 Å². The molecule has 0 saturated heterocycles. The summed E-state index contributed by atoms with van der Waals surface area (Å²) in [4.78, 5) is 0. The Hall–Kier alpha value is -0.0800. The lowest BCUT2D eigenvalue weighted by atomic mass is 9.61. The molecule has 0 aromatic rings. The second-order valence-corrected chi connectivity index (χ2v) is 5.32. The molecule has 2 aliphatic rings. The SMILES string of the molecule is CNCC1(C(N)C2CCCC2)CCC1. The van der Waals surface area contributed by atoms with Crippen LogP contribution in [0, 0.1) is 11.3 Å². The molecule has 2 rings (SSSR count). The maximum Gasteiger partial charge on any atom is 0.0136 e. The van der Waals surface area contributed by atoms with Gasteiger partial charge in [0.05, 0.1) is 0 Å². The van der Waals surface area contributed by atoms with Gasteiger partial charge in [0.25, 0.3) is 0 Å². The van der Waals surface area contributed by atoms with Crippen molar-refractivity contribution in [1.82, 2.24) is 5.32 Å². The molecule has 2 heteroatoms. The van der Waals surface area contributed by atoms with Crippen LogP contribution < -0.4 is 11.1 Å². The van der Waals surface area contributed by atoms with Crippen LogP contribution >= 0.6 is 0 Å². The first-order valence-corrected chi connectivity index (χ1v) is 6.19. The lowest BCUT2D eigenvalue weighted by Crippen LogP contribution is -2.54. The fraction of sp³-hybridized carbons (Fsp3) is 1.00. The molecule has 1 atom stereocenters. The molecule has 0 radical (unpaired) electrons. The molecule has 0 heterocycles. The van der Waals surface area contributed by atoms with E-state index in [2.05, 4.69) is 12.4 Å². The zero-order chi connectivity index (χ0) is 10.0. The van der Waals surface area contributed by atoms with E-state index in [1.807, 2.05) is 0 Å². The summed E-state index contributed by atoms with van der Waals surface area (Å²) in [5, 5.41) is 3.33. The van der Waals surface area contributed by atoms with Crippen molar-refractivity contribution in [3.05, 3.63) is 0 Å². The van der Waals surface area contributed by atoms with Crippen molar-refractivity contribution in [3.8, 4) is 0 Å². The van der Waals surface area contributed by atoms with E-state index in [1.54, 1.807) is 0 Å². The average molecular weight is 196 g/mol. The zero-order valence-corrected chi connectivity index (χ0v) is 9.39. The molecule has 1 unspecified atom stereocenters. The molecule has 14 heavy (non-hydrogen) atoms. The smallest absolute Gasteiger partial charge is 0.0136 e. The van der Waals surface area contributed by atoms with Crippen LogP contribution in [0.15, 0.2) is 0 Å². The minimum absolute atomic E-state index is 0.462. The van der Waals surface area contributed by atoms with Crippen molar-refractivity contribution in [2.24, 2.45) is 17.1 Å². The average Bonchev–Trinajstić information content (AvgIpc) is 2.62. The van der Waals surface area contributed by atoms with Gasteiger partial charge in [0.1, 0.15) is 0 Å². The van der Waals surface area contributed by atoms with E-state index >= 15 is 0 Å². The predicted molar refractivity (Wildman–Crippen MR) is 60.1 cm³/mol. The van der Waals surface area contributed by atoms with Crippen molar-refractivity contribution in [1.29, 1.82) is 0 Å². The van der Waals surface area contributed by atoms with Gasteiger partial charge in [-0.2, -0.15) is 0 Å². The van der Waals surface area contributed by atoms with E-state index in [1.165, 1.54) is 44.9 Å². The maximum atomic E-state index is 6.47. The summed E-state index contributed by atoms with van der Waals surface area (Å²) in [7, 11) is 2.06. The summed E-state index contributed by atoms with van der Waals surface area (Å²) in [6, 6.07) is 0.464. The molecule has 0 aromatic carbocycles. The lowest BCUT2D eigenvalue weighted by molar-refractivity contribution is 0.0658. The van der Waals surface area contributed by atoms with Crippen molar-refractivity contribution >= 4 is 0 Å². The third-order valence-electron chi connectivity index (χ3n) is 4.49. The van der Waals surface area contributed by atoms with Crippen LogP contribution in [-0.2, 0) is 0 Å². The van der Waals surface area contributed by atoms with Gasteiger partial charge in [-0.3, -0.25) is 0 Å². The van der Waals surface area contributed by atoms with Crippen LogP contribution in [0.25, 0.3) is 0 Å². The Morgan fingerprint density at radius 2 is 1.93 bits per heavy atom. The number of nitrogens with two attached hydrogens (primary N) is 1. The van der Waals surface area contributed by atoms with Crippen molar-refractivity contribution < 1.29 is 0 Å². The minimum Gasteiger partial charge on any atom is -0.327 e. The van der Waals surface area contributed by atoms with Crippen LogP contribution in [0.5, 0.6) is 0 Å². The largest absolute Gasteiger partial charge is 0.327 e.